The Hall–Kier alpha value is -2.64. The quantitative estimate of drug-likeness (QED) is 0.304. The second-order valence-corrected chi connectivity index (χ2v) is 8.86. The van der Waals surface area contributed by atoms with Gasteiger partial charge in [0.2, 0.25) is 5.91 Å². The molecular formula is C24H27N3O3S. The fraction of sp³-hybridized carbons (Fsp3) is 0.375. The molecule has 31 heavy (non-hydrogen) atoms. The molecule has 0 saturated carbocycles. The lowest BCUT2D eigenvalue weighted by Crippen LogP contribution is -2.35. The molecule has 2 heterocycles. The van der Waals surface area contributed by atoms with E-state index >= 15 is 0 Å². The van der Waals surface area contributed by atoms with Crippen LogP contribution in [0, 0.1) is 0 Å². The van der Waals surface area contributed by atoms with Crippen molar-refractivity contribution in [1.29, 1.82) is 0 Å². The average Bonchev–Trinajstić information content (AvgIpc) is 3.22. The molecule has 0 saturated heterocycles. The number of aromatic nitrogens is 2. The lowest BCUT2D eigenvalue weighted by Gasteiger charge is -2.22. The van der Waals surface area contributed by atoms with Crippen molar-refractivity contribution >= 4 is 34.3 Å². The molecule has 4 rings (SSSR count). The van der Waals surface area contributed by atoms with E-state index in [-0.39, 0.29) is 16.7 Å². The minimum Gasteiger partial charge on any atom is -0.382 e. The highest BCUT2D eigenvalue weighted by Gasteiger charge is 2.29. The number of carbonyl (C=O) groups is 1. The summed E-state index contributed by atoms with van der Waals surface area (Å²) in [6.45, 7) is 6.27. The number of benzene rings is 2. The van der Waals surface area contributed by atoms with E-state index in [1.165, 1.54) is 17.3 Å². The molecular weight excluding hydrogens is 410 g/mol. The van der Waals surface area contributed by atoms with Crippen molar-refractivity contribution in [3.63, 3.8) is 0 Å². The van der Waals surface area contributed by atoms with Crippen molar-refractivity contribution in [2.24, 2.45) is 0 Å². The summed E-state index contributed by atoms with van der Waals surface area (Å²) in [4.78, 5) is 33.0. The van der Waals surface area contributed by atoms with Gasteiger partial charge in [0.05, 0.1) is 16.2 Å². The highest BCUT2D eigenvalue weighted by molar-refractivity contribution is 8.00. The molecule has 0 aliphatic carbocycles. The minimum atomic E-state index is -0.364. The number of hydrogen-bond acceptors (Lipinski definition) is 5. The molecule has 1 atom stereocenters. The summed E-state index contributed by atoms with van der Waals surface area (Å²) in [6, 6.07) is 15.4. The Balaban J connectivity index is 1.60. The standard InChI is InChI=1S/C24H27N3O3S/c1-3-30-16-8-14-27-23(29)19-10-5-6-11-20(19)25-24(27)31-17(2)22(28)26-15-13-18-9-4-7-12-21(18)26/h4-7,9-12,17H,3,8,13-16H2,1-2H3. The van der Waals surface area contributed by atoms with Crippen molar-refractivity contribution < 1.29 is 9.53 Å². The van der Waals surface area contributed by atoms with E-state index in [1.54, 1.807) is 10.6 Å². The van der Waals surface area contributed by atoms with Crippen LogP contribution in [0.2, 0.25) is 0 Å². The van der Waals surface area contributed by atoms with E-state index in [4.69, 9.17) is 9.72 Å². The first-order valence-corrected chi connectivity index (χ1v) is 11.6. The predicted octanol–water partition coefficient (Wildman–Crippen LogP) is 3.89. The average molecular weight is 438 g/mol. The van der Waals surface area contributed by atoms with E-state index in [0.717, 1.165) is 12.1 Å². The van der Waals surface area contributed by atoms with Gasteiger partial charge in [0, 0.05) is 32.0 Å². The third kappa shape index (κ3) is 4.52. The highest BCUT2D eigenvalue weighted by Crippen LogP contribution is 2.31. The topological polar surface area (TPSA) is 64.4 Å². The van der Waals surface area contributed by atoms with E-state index < -0.39 is 0 Å². The molecule has 1 aromatic heterocycles. The Morgan fingerprint density at radius 3 is 2.81 bits per heavy atom. The largest absolute Gasteiger partial charge is 0.382 e. The van der Waals surface area contributed by atoms with Gasteiger partial charge in [-0.3, -0.25) is 14.2 Å². The van der Waals surface area contributed by atoms with Gasteiger partial charge in [0.1, 0.15) is 0 Å². The van der Waals surface area contributed by atoms with Crippen LogP contribution in [-0.4, -0.2) is 40.5 Å². The van der Waals surface area contributed by atoms with Gasteiger partial charge in [-0.05, 0) is 50.5 Å². The lowest BCUT2D eigenvalue weighted by atomic mass is 10.2. The van der Waals surface area contributed by atoms with E-state index in [9.17, 15) is 9.59 Å². The molecule has 0 fully saturated rings. The van der Waals surface area contributed by atoms with E-state index in [1.807, 2.05) is 55.1 Å². The Morgan fingerprint density at radius 1 is 1.19 bits per heavy atom. The van der Waals surface area contributed by atoms with Crippen LogP contribution in [0.15, 0.2) is 58.5 Å². The Bertz CT molecular complexity index is 1140. The molecule has 0 bridgehead atoms. The van der Waals surface area contributed by atoms with Gasteiger partial charge in [-0.1, -0.05) is 42.1 Å². The van der Waals surface area contributed by atoms with Crippen LogP contribution in [0.5, 0.6) is 0 Å². The summed E-state index contributed by atoms with van der Waals surface area (Å²) in [5, 5.41) is 0.807. The number of para-hydroxylation sites is 2. The van der Waals surface area contributed by atoms with Crippen LogP contribution in [-0.2, 0) is 22.5 Å². The second-order valence-electron chi connectivity index (χ2n) is 7.55. The molecule has 3 aromatic rings. The summed E-state index contributed by atoms with van der Waals surface area (Å²) in [7, 11) is 0. The fourth-order valence-electron chi connectivity index (χ4n) is 3.90. The number of fused-ring (bicyclic) bond motifs is 2. The molecule has 0 radical (unpaired) electrons. The number of hydrogen-bond donors (Lipinski definition) is 0. The van der Waals surface area contributed by atoms with E-state index in [0.29, 0.717) is 48.8 Å². The molecule has 1 aliphatic heterocycles. The molecule has 2 aromatic carbocycles. The molecule has 6 nitrogen and oxygen atoms in total. The zero-order valence-corrected chi connectivity index (χ0v) is 18.7. The smallest absolute Gasteiger partial charge is 0.262 e. The minimum absolute atomic E-state index is 0.0400. The zero-order chi connectivity index (χ0) is 21.8. The molecule has 1 aliphatic rings. The number of carbonyl (C=O) groups excluding carboxylic acids is 1. The van der Waals surface area contributed by atoms with Crippen LogP contribution in [0.1, 0.15) is 25.8 Å². The Morgan fingerprint density at radius 2 is 1.97 bits per heavy atom. The fourth-order valence-corrected chi connectivity index (χ4v) is 4.90. The lowest BCUT2D eigenvalue weighted by molar-refractivity contribution is -0.117. The number of thioether (sulfide) groups is 1. The molecule has 0 N–H and O–H groups in total. The van der Waals surface area contributed by atoms with Crippen LogP contribution in [0.4, 0.5) is 5.69 Å². The molecule has 1 unspecified atom stereocenters. The van der Waals surface area contributed by atoms with Crippen molar-refractivity contribution in [2.45, 2.75) is 43.6 Å². The number of ether oxygens (including phenoxy) is 1. The van der Waals surface area contributed by atoms with Gasteiger partial charge in [-0.25, -0.2) is 4.98 Å². The summed E-state index contributed by atoms with van der Waals surface area (Å²) in [5.41, 5.74) is 2.77. The zero-order valence-electron chi connectivity index (χ0n) is 17.9. The molecule has 0 spiro atoms. The van der Waals surface area contributed by atoms with Gasteiger partial charge in [0.25, 0.3) is 5.56 Å². The SMILES string of the molecule is CCOCCCn1c(SC(C)C(=O)N2CCc3ccccc32)nc2ccccc2c1=O. The first kappa shape index (κ1) is 21.6. The molecule has 162 valence electrons. The summed E-state index contributed by atoms with van der Waals surface area (Å²) < 4.78 is 7.13. The van der Waals surface area contributed by atoms with Crippen molar-refractivity contribution in [1.82, 2.24) is 9.55 Å². The number of amides is 1. The number of anilines is 1. The maximum atomic E-state index is 13.2. The van der Waals surface area contributed by atoms with Crippen LogP contribution >= 0.6 is 11.8 Å². The summed E-state index contributed by atoms with van der Waals surface area (Å²) >= 11 is 1.35. The third-order valence-corrected chi connectivity index (χ3v) is 6.56. The van der Waals surface area contributed by atoms with Crippen molar-refractivity contribution in [3.05, 3.63) is 64.4 Å². The first-order chi connectivity index (χ1) is 15.1. The van der Waals surface area contributed by atoms with Crippen molar-refractivity contribution in [2.75, 3.05) is 24.7 Å². The Kier molecular flexibility index (Phi) is 6.73. The Labute approximate surface area is 186 Å². The summed E-state index contributed by atoms with van der Waals surface area (Å²) in [6.07, 6.45) is 1.58. The molecule has 1 amide bonds. The van der Waals surface area contributed by atoms with Gasteiger partial charge in [-0.2, -0.15) is 0 Å². The highest BCUT2D eigenvalue weighted by atomic mass is 32.2. The second kappa shape index (κ2) is 9.66. The van der Waals surface area contributed by atoms with Gasteiger partial charge >= 0.3 is 0 Å². The summed E-state index contributed by atoms with van der Waals surface area (Å²) in [5.74, 6) is 0.0400. The van der Waals surface area contributed by atoms with Gasteiger partial charge in [-0.15, -0.1) is 0 Å². The maximum absolute atomic E-state index is 13.2. The van der Waals surface area contributed by atoms with Gasteiger partial charge < -0.3 is 9.64 Å². The van der Waals surface area contributed by atoms with Crippen LogP contribution < -0.4 is 10.5 Å². The maximum Gasteiger partial charge on any atom is 0.262 e. The van der Waals surface area contributed by atoms with Crippen LogP contribution in [0.25, 0.3) is 10.9 Å². The van der Waals surface area contributed by atoms with Crippen LogP contribution in [0.3, 0.4) is 0 Å². The normalized spacial score (nSPS) is 14.1. The molecule has 7 heteroatoms. The monoisotopic (exact) mass is 437 g/mol. The first-order valence-electron chi connectivity index (χ1n) is 10.7. The van der Waals surface area contributed by atoms with Crippen molar-refractivity contribution in [3.8, 4) is 0 Å². The van der Waals surface area contributed by atoms with E-state index in [2.05, 4.69) is 6.07 Å². The third-order valence-electron chi connectivity index (χ3n) is 5.48. The predicted molar refractivity (Wildman–Crippen MR) is 125 cm³/mol. The van der Waals surface area contributed by atoms with Gasteiger partial charge in [0.15, 0.2) is 5.16 Å². The number of rotatable bonds is 8. The number of nitrogens with zero attached hydrogens (tertiary/aromatic N) is 3.